The van der Waals surface area contributed by atoms with Crippen LogP contribution in [0, 0.1) is 0 Å². The van der Waals surface area contributed by atoms with E-state index in [1.165, 1.54) is 11.9 Å². The minimum Gasteiger partial charge on any atom is -0.478 e. The van der Waals surface area contributed by atoms with Gasteiger partial charge in [-0.25, -0.2) is 4.79 Å². The highest BCUT2D eigenvalue weighted by Gasteiger charge is 2.34. The molecular weight excluding hydrogens is 268 g/mol. The number of aromatic carboxylic acids is 1. The van der Waals surface area contributed by atoms with E-state index in [2.05, 4.69) is 5.32 Å². The van der Waals surface area contributed by atoms with Gasteiger partial charge in [-0.2, -0.15) is 0 Å². The van der Waals surface area contributed by atoms with Crippen molar-refractivity contribution in [2.75, 3.05) is 26.8 Å². The smallest absolute Gasteiger partial charge is 0.338 e. The summed E-state index contributed by atoms with van der Waals surface area (Å²) in [5.74, 6) is -2.17. The summed E-state index contributed by atoms with van der Waals surface area (Å²) in [6, 6.07) is 0.390. The van der Waals surface area contributed by atoms with Gasteiger partial charge in [-0.05, 0) is 0 Å². The van der Waals surface area contributed by atoms with E-state index >= 15 is 0 Å². The first-order chi connectivity index (χ1) is 9.54. The summed E-state index contributed by atoms with van der Waals surface area (Å²) in [4.78, 5) is 36.1. The number of carbonyl (C=O) groups is 3. The molecule has 0 spiro atoms. The van der Waals surface area contributed by atoms with Crippen molar-refractivity contribution >= 4 is 17.8 Å². The van der Waals surface area contributed by atoms with Gasteiger partial charge in [0, 0.05) is 19.7 Å². The molecule has 2 N–H and O–H groups in total. The van der Waals surface area contributed by atoms with Crippen molar-refractivity contribution in [2.45, 2.75) is 6.04 Å². The van der Waals surface area contributed by atoms with Gasteiger partial charge in [0.05, 0.1) is 18.8 Å². The fourth-order valence-corrected chi connectivity index (χ4v) is 1.93. The Morgan fingerprint density at radius 2 is 2.20 bits per heavy atom. The number of hydrogen-bond donors (Lipinski definition) is 2. The van der Waals surface area contributed by atoms with Crippen molar-refractivity contribution in [1.82, 2.24) is 10.2 Å². The van der Waals surface area contributed by atoms with E-state index < -0.39 is 17.9 Å². The molecular formula is C12H14N2O6. The van der Waals surface area contributed by atoms with Gasteiger partial charge in [-0.15, -0.1) is 0 Å². The highest BCUT2D eigenvalue weighted by molar-refractivity contribution is 5.98. The van der Waals surface area contributed by atoms with Gasteiger partial charge in [-0.1, -0.05) is 0 Å². The number of furan rings is 1. The molecule has 0 aromatic carbocycles. The number of hydrogen-bond acceptors (Lipinski definition) is 5. The Kier molecular flexibility index (Phi) is 4.04. The Balaban J connectivity index is 2.20. The summed E-state index contributed by atoms with van der Waals surface area (Å²) >= 11 is 0. The van der Waals surface area contributed by atoms with Crippen LogP contribution in [0.2, 0.25) is 0 Å². The fraction of sp³-hybridized carbons (Fsp3) is 0.417. The lowest BCUT2D eigenvalue weighted by Crippen LogP contribution is -2.55. The molecule has 1 atom stereocenters. The minimum absolute atomic E-state index is 0.0951. The van der Waals surface area contributed by atoms with Crippen LogP contribution in [0.4, 0.5) is 0 Å². The van der Waals surface area contributed by atoms with E-state index in [4.69, 9.17) is 14.3 Å². The minimum atomic E-state index is -1.18. The van der Waals surface area contributed by atoms with Gasteiger partial charge in [0.15, 0.2) is 5.76 Å². The quantitative estimate of drug-likeness (QED) is 0.778. The molecule has 0 aliphatic carbocycles. The number of nitrogens with one attached hydrogen (secondary N) is 1. The van der Waals surface area contributed by atoms with E-state index in [1.54, 1.807) is 0 Å². The van der Waals surface area contributed by atoms with Crippen LogP contribution >= 0.6 is 0 Å². The zero-order chi connectivity index (χ0) is 14.7. The topological polar surface area (TPSA) is 109 Å². The molecule has 8 heteroatoms. The summed E-state index contributed by atoms with van der Waals surface area (Å²) in [6.45, 7) is 0.643. The third kappa shape index (κ3) is 2.64. The predicted octanol–water partition coefficient (Wildman–Crippen LogP) is -0.435. The number of carboxylic acids is 1. The Morgan fingerprint density at radius 3 is 2.80 bits per heavy atom. The van der Waals surface area contributed by atoms with Crippen LogP contribution in [0.15, 0.2) is 16.7 Å². The summed E-state index contributed by atoms with van der Waals surface area (Å²) in [6.07, 6.45) is 0.991. The van der Waals surface area contributed by atoms with Gasteiger partial charge in [0.1, 0.15) is 12.3 Å². The first-order valence-electron chi connectivity index (χ1n) is 5.96. The van der Waals surface area contributed by atoms with Gasteiger partial charge >= 0.3 is 5.97 Å². The number of morpholine rings is 1. The number of likely N-dealkylation sites (N-methyl/N-ethyl adjacent to an activating group) is 1. The molecule has 2 rings (SSSR count). The number of carbonyl (C=O) groups excluding carboxylic acids is 2. The maximum atomic E-state index is 12.3. The van der Waals surface area contributed by atoms with Crippen LogP contribution in [0.1, 0.15) is 20.9 Å². The van der Waals surface area contributed by atoms with Crippen molar-refractivity contribution in [3.05, 3.63) is 23.7 Å². The highest BCUT2D eigenvalue weighted by atomic mass is 16.5. The van der Waals surface area contributed by atoms with Crippen molar-refractivity contribution in [3.8, 4) is 0 Å². The number of carboxylic acid groups (broad SMARTS) is 1. The number of ether oxygens (including phenoxy) is 1. The van der Waals surface area contributed by atoms with Crippen molar-refractivity contribution < 1.29 is 28.6 Å². The van der Waals surface area contributed by atoms with Gasteiger partial charge in [-0.3, -0.25) is 9.59 Å². The molecule has 0 radical (unpaired) electrons. The van der Waals surface area contributed by atoms with Crippen LogP contribution in [-0.4, -0.2) is 60.6 Å². The lowest BCUT2D eigenvalue weighted by molar-refractivity contribution is -0.130. The highest BCUT2D eigenvalue weighted by Crippen LogP contribution is 2.15. The van der Waals surface area contributed by atoms with E-state index in [0.717, 1.165) is 12.3 Å². The molecule has 0 saturated carbocycles. The third-order valence-electron chi connectivity index (χ3n) is 3.00. The number of rotatable bonds is 3. The van der Waals surface area contributed by atoms with E-state index in [0.29, 0.717) is 6.61 Å². The Labute approximate surface area is 114 Å². The summed E-state index contributed by atoms with van der Waals surface area (Å²) in [5.41, 5.74) is -0.113. The molecule has 8 nitrogen and oxygen atoms in total. The maximum absolute atomic E-state index is 12.3. The van der Waals surface area contributed by atoms with E-state index in [-0.39, 0.29) is 30.4 Å². The van der Waals surface area contributed by atoms with E-state index in [9.17, 15) is 14.4 Å². The molecule has 2 amide bonds. The monoisotopic (exact) mass is 282 g/mol. The second-order valence-electron chi connectivity index (χ2n) is 4.21. The zero-order valence-corrected chi connectivity index (χ0v) is 10.8. The summed E-state index contributed by atoms with van der Waals surface area (Å²) < 4.78 is 10.1. The van der Waals surface area contributed by atoms with Crippen LogP contribution in [0.3, 0.4) is 0 Å². The molecule has 1 saturated heterocycles. The zero-order valence-electron chi connectivity index (χ0n) is 10.8. The van der Waals surface area contributed by atoms with Gasteiger partial charge in [0.2, 0.25) is 5.91 Å². The second kappa shape index (κ2) is 5.74. The van der Waals surface area contributed by atoms with Crippen molar-refractivity contribution in [2.24, 2.45) is 0 Å². The second-order valence-corrected chi connectivity index (χ2v) is 4.21. The molecule has 1 aromatic heterocycles. The Bertz CT molecular complexity index is 538. The molecule has 1 unspecified atom stereocenters. The van der Waals surface area contributed by atoms with Crippen molar-refractivity contribution in [1.29, 1.82) is 0 Å². The first kappa shape index (κ1) is 14.1. The summed E-state index contributed by atoms with van der Waals surface area (Å²) in [7, 11) is 1.47. The first-order valence-corrected chi connectivity index (χ1v) is 5.96. The average molecular weight is 282 g/mol. The Morgan fingerprint density at radius 1 is 1.45 bits per heavy atom. The van der Waals surface area contributed by atoms with Crippen LogP contribution < -0.4 is 5.32 Å². The number of nitrogens with zero attached hydrogens (tertiary/aromatic N) is 1. The van der Waals surface area contributed by atoms with Crippen LogP contribution in [0.5, 0.6) is 0 Å². The lowest BCUT2D eigenvalue weighted by Gasteiger charge is -2.33. The van der Waals surface area contributed by atoms with Gasteiger partial charge < -0.3 is 24.5 Å². The molecule has 20 heavy (non-hydrogen) atoms. The Hall–Kier alpha value is -2.35. The molecule has 0 bridgehead atoms. The SMILES string of the molecule is CNC(=O)C1COCCN1C(=O)c1cc(C(=O)O)co1. The lowest BCUT2D eigenvalue weighted by atomic mass is 10.2. The summed E-state index contributed by atoms with van der Waals surface area (Å²) in [5, 5.41) is 11.3. The van der Waals surface area contributed by atoms with Crippen LogP contribution in [0.25, 0.3) is 0 Å². The molecule has 1 fully saturated rings. The largest absolute Gasteiger partial charge is 0.478 e. The molecule has 108 valence electrons. The fourth-order valence-electron chi connectivity index (χ4n) is 1.93. The number of amides is 2. The predicted molar refractivity (Wildman–Crippen MR) is 65.4 cm³/mol. The molecule has 1 aromatic rings. The molecule has 1 aliphatic rings. The molecule has 2 heterocycles. The molecule has 1 aliphatic heterocycles. The van der Waals surface area contributed by atoms with Gasteiger partial charge in [0.25, 0.3) is 5.91 Å². The van der Waals surface area contributed by atoms with Crippen LogP contribution in [-0.2, 0) is 9.53 Å². The average Bonchev–Trinajstić information content (AvgIpc) is 2.95. The van der Waals surface area contributed by atoms with E-state index in [1.807, 2.05) is 0 Å². The standard InChI is InChI=1S/C12H14N2O6/c1-13-10(15)8-6-19-3-2-14(8)11(16)9-4-7(5-20-9)12(17)18/h4-5,8H,2-3,6H2,1H3,(H,13,15)(H,17,18). The van der Waals surface area contributed by atoms with Crippen molar-refractivity contribution in [3.63, 3.8) is 0 Å². The normalized spacial score (nSPS) is 18.6. The maximum Gasteiger partial charge on any atom is 0.338 e. The third-order valence-corrected chi connectivity index (χ3v) is 3.00.